The molecule has 72 valence electrons. The summed E-state index contributed by atoms with van der Waals surface area (Å²) in [6, 6.07) is 0. The Morgan fingerprint density at radius 2 is 2.14 bits per heavy atom. The number of rotatable bonds is 0. The summed E-state index contributed by atoms with van der Waals surface area (Å²) in [7, 11) is 0. The molecule has 0 bridgehead atoms. The summed E-state index contributed by atoms with van der Waals surface area (Å²) < 4.78 is 14.0. The number of allylic oxidation sites excluding steroid dienone is 7. The van der Waals surface area contributed by atoms with Crippen LogP contribution in [0.3, 0.4) is 0 Å². The highest BCUT2D eigenvalue weighted by Gasteiger charge is 2.12. The van der Waals surface area contributed by atoms with Gasteiger partial charge in [-0.05, 0) is 52.7 Å². The molecule has 0 radical (unpaired) electrons. The molecule has 3 heteroatoms. The van der Waals surface area contributed by atoms with Crippen LogP contribution in [0, 0.1) is 0 Å². The summed E-state index contributed by atoms with van der Waals surface area (Å²) in [6.07, 6.45) is 8.44. The lowest BCUT2D eigenvalue weighted by Gasteiger charge is -2.17. The van der Waals surface area contributed by atoms with Crippen molar-refractivity contribution in [2.75, 3.05) is 0 Å². The lowest BCUT2D eigenvalue weighted by molar-refractivity contribution is 0.666. The van der Waals surface area contributed by atoms with Crippen LogP contribution in [0.15, 0.2) is 57.7 Å². The number of dihydropyridines is 1. The lowest BCUT2D eigenvalue weighted by Crippen LogP contribution is -2.15. The second kappa shape index (κ2) is 3.58. The van der Waals surface area contributed by atoms with E-state index < -0.39 is 0 Å². The maximum atomic E-state index is 13.1. The Morgan fingerprint density at radius 3 is 2.93 bits per heavy atom. The van der Waals surface area contributed by atoms with Crippen molar-refractivity contribution >= 4 is 15.9 Å². The third-order valence-corrected chi connectivity index (χ3v) is 2.91. The van der Waals surface area contributed by atoms with Gasteiger partial charge in [-0.1, -0.05) is 6.08 Å². The molecule has 2 rings (SSSR count). The van der Waals surface area contributed by atoms with Gasteiger partial charge in [-0.25, -0.2) is 4.39 Å². The number of hydrogen-bond acceptors (Lipinski definition) is 1. The Kier molecular flexibility index (Phi) is 2.42. The zero-order valence-corrected chi connectivity index (χ0v) is 9.23. The molecule has 0 aromatic heterocycles. The van der Waals surface area contributed by atoms with Crippen LogP contribution in [0.2, 0.25) is 0 Å². The van der Waals surface area contributed by atoms with Gasteiger partial charge in [0.25, 0.3) is 0 Å². The minimum absolute atomic E-state index is 0.227. The Hall–Kier alpha value is -1.09. The highest BCUT2D eigenvalue weighted by molar-refractivity contribution is 9.11. The zero-order valence-electron chi connectivity index (χ0n) is 7.64. The van der Waals surface area contributed by atoms with Crippen molar-refractivity contribution < 1.29 is 4.39 Å². The molecule has 1 N–H and O–H groups in total. The van der Waals surface area contributed by atoms with E-state index in [0.717, 1.165) is 21.4 Å². The number of nitrogens with one attached hydrogen (secondary N) is 1. The van der Waals surface area contributed by atoms with Gasteiger partial charge in [-0.2, -0.15) is 0 Å². The van der Waals surface area contributed by atoms with Crippen LogP contribution in [0.25, 0.3) is 0 Å². The fraction of sp³-hybridized carbons (Fsp3) is 0.0909. The maximum absolute atomic E-state index is 13.1. The maximum Gasteiger partial charge on any atom is 0.123 e. The number of fused-ring (bicyclic) bond motifs is 1. The molecule has 0 fully saturated rings. The third kappa shape index (κ3) is 1.73. The number of hydrogen-bond donors (Lipinski definition) is 1. The van der Waals surface area contributed by atoms with Crippen LogP contribution in [-0.2, 0) is 0 Å². The average molecular weight is 254 g/mol. The molecule has 1 nitrogen and oxygen atoms in total. The van der Waals surface area contributed by atoms with Crippen LogP contribution in [0.5, 0.6) is 0 Å². The SMILES string of the molecule is CC1=C(Br)NC2=CC=CC(F)=CC2=C1. The van der Waals surface area contributed by atoms with Gasteiger partial charge in [-0.3, -0.25) is 0 Å². The Balaban J connectivity index is 2.49. The molecular formula is C11H9BrFN. The van der Waals surface area contributed by atoms with Gasteiger partial charge < -0.3 is 5.32 Å². The first kappa shape index (κ1) is 9.46. The molecule has 14 heavy (non-hydrogen) atoms. The molecular weight excluding hydrogens is 245 g/mol. The van der Waals surface area contributed by atoms with Crippen molar-refractivity contribution in [3.8, 4) is 0 Å². The predicted molar refractivity (Wildman–Crippen MR) is 59.3 cm³/mol. The summed E-state index contributed by atoms with van der Waals surface area (Å²) in [5.41, 5.74) is 2.84. The van der Waals surface area contributed by atoms with Gasteiger partial charge in [0.1, 0.15) is 5.83 Å². The lowest BCUT2D eigenvalue weighted by atomic mass is 10.1. The monoisotopic (exact) mass is 253 g/mol. The fourth-order valence-electron chi connectivity index (χ4n) is 1.35. The van der Waals surface area contributed by atoms with Gasteiger partial charge in [0.15, 0.2) is 0 Å². The van der Waals surface area contributed by atoms with Gasteiger partial charge >= 0.3 is 0 Å². The molecule has 1 aliphatic heterocycles. The van der Waals surface area contributed by atoms with E-state index in [2.05, 4.69) is 21.2 Å². The predicted octanol–water partition coefficient (Wildman–Crippen LogP) is 3.45. The van der Waals surface area contributed by atoms with E-state index in [1.54, 1.807) is 6.08 Å². The molecule has 0 spiro atoms. The molecule has 0 amide bonds. The van der Waals surface area contributed by atoms with Crippen molar-refractivity contribution in [3.05, 3.63) is 57.7 Å². The van der Waals surface area contributed by atoms with E-state index in [-0.39, 0.29) is 5.83 Å². The molecule has 0 saturated carbocycles. The average Bonchev–Trinajstić information content (AvgIpc) is 2.28. The number of halogens is 2. The van der Waals surface area contributed by atoms with E-state index in [0.29, 0.717) is 0 Å². The van der Waals surface area contributed by atoms with Gasteiger partial charge in [0.2, 0.25) is 0 Å². The third-order valence-electron chi connectivity index (χ3n) is 2.09. The minimum Gasteiger partial charge on any atom is -0.349 e. The van der Waals surface area contributed by atoms with Crippen molar-refractivity contribution in [1.29, 1.82) is 0 Å². The molecule has 1 heterocycles. The van der Waals surface area contributed by atoms with Crippen LogP contribution in [0.4, 0.5) is 4.39 Å². The van der Waals surface area contributed by atoms with E-state index in [4.69, 9.17) is 0 Å². The first-order valence-corrected chi connectivity index (χ1v) is 5.07. The largest absolute Gasteiger partial charge is 0.349 e. The van der Waals surface area contributed by atoms with Crippen LogP contribution < -0.4 is 5.32 Å². The Labute approximate surface area is 90.5 Å². The smallest absolute Gasteiger partial charge is 0.123 e. The van der Waals surface area contributed by atoms with Crippen LogP contribution in [-0.4, -0.2) is 0 Å². The standard InChI is InChI=1S/C11H9BrFN/c1-7-5-8-6-9(13)3-2-4-10(8)14-11(7)12/h2-6,14H,1H3. The van der Waals surface area contributed by atoms with E-state index in [1.165, 1.54) is 12.2 Å². The van der Waals surface area contributed by atoms with Gasteiger partial charge in [0.05, 0.1) is 4.61 Å². The van der Waals surface area contributed by atoms with Crippen LogP contribution in [0.1, 0.15) is 6.92 Å². The van der Waals surface area contributed by atoms with Crippen molar-refractivity contribution in [1.82, 2.24) is 5.32 Å². The molecule has 2 aliphatic rings. The first-order valence-electron chi connectivity index (χ1n) is 4.28. The summed E-state index contributed by atoms with van der Waals surface area (Å²) in [5, 5.41) is 3.16. The van der Waals surface area contributed by atoms with Crippen molar-refractivity contribution in [2.45, 2.75) is 6.92 Å². The van der Waals surface area contributed by atoms with Crippen LogP contribution >= 0.6 is 15.9 Å². The van der Waals surface area contributed by atoms with E-state index >= 15 is 0 Å². The van der Waals surface area contributed by atoms with E-state index in [9.17, 15) is 4.39 Å². The molecule has 0 aromatic carbocycles. The first-order chi connectivity index (χ1) is 6.66. The second-order valence-corrected chi connectivity index (χ2v) is 3.98. The van der Waals surface area contributed by atoms with Crippen molar-refractivity contribution in [3.63, 3.8) is 0 Å². The second-order valence-electron chi connectivity index (χ2n) is 3.19. The molecule has 0 atom stereocenters. The Morgan fingerprint density at radius 1 is 1.36 bits per heavy atom. The summed E-state index contributed by atoms with van der Waals surface area (Å²) in [4.78, 5) is 0. The van der Waals surface area contributed by atoms with Crippen molar-refractivity contribution in [2.24, 2.45) is 0 Å². The normalized spacial score (nSPS) is 20.4. The Bertz CT molecular complexity index is 425. The van der Waals surface area contributed by atoms with Gasteiger partial charge in [-0.15, -0.1) is 0 Å². The molecule has 0 aromatic rings. The highest BCUT2D eigenvalue weighted by Crippen LogP contribution is 2.26. The van der Waals surface area contributed by atoms with E-state index in [1.807, 2.05) is 19.1 Å². The summed E-state index contributed by atoms with van der Waals surface area (Å²) >= 11 is 3.40. The molecule has 0 unspecified atom stereocenters. The van der Waals surface area contributed by atoms with Gasteiger partial charge in [0, 0.05) is 11.3 Å². The molecule has 1 aliphatic carbocycles. The molecule has 0 saturated heterocycles. The fourth-order valence-corrected chi connectivity index (χ4v) is 1.68. The zero-order chi connectivity index (χ0) is 10.1. The quantitative estimate of drug-likeness (QED) is 0.653. The summed E-state index contributed by atoms with van der Waals surface area (Å²) in [5.74, 6) is -0.227. The topological polar surface area (TPSA) is 12.0 Å². The highest BCUT2D eigenvalue weighted by atomic mass is 79.9. The minimum atomic E-state index is -0.227. The summed E-state index contributed by atoms with van der Waals surface area (Å²) in [6.45, 7) is 1.96.